The van der Waals surface area contributed by atoms with Gasteiger partial charge in [0.15, 0.2) is 0 Å². The van der Waals surface area contributed by atoms with E-state index in [2.05, 4.69) is 168 Å². The molecule has 0 spiro atoms. The molecule has 10 rings (SSSR count). The summed E-state index contributed by atoms with van der Waals surface area (Å²) in [7, 11) is 1.68. The van der Waals surface area contributed by atoms with E-state index in [4.69, 9.17) is 18.9 Å². The molecule has 0 aliphatic heterocycles. The number of carbonyl (C=O) groups excluding carboxylic acids is 2. The second-order valence-electron chi connectivity index (χ2n) is 18.8. The Kier molecular flexibility index (Phi) is 15.6. The monoisotopic (exact) mass is 998 g/mol. The van der Waals surface area contributed by atoms with Gasteiger partial charge in [-0.25, -0.2) is 4.79 Å². The van der Waals surface area contributed by atoms with Crippen molar-refractivity contribution in [2.24, 2.45) is 0 Å². The van der Waals surface area contributed by atoms with Crippen LogP contribution in [0, 0.1) is 0 Å². The minimum absolute atomic E-state index is 0.182. The summed E-state index contributed by atoms with van der Waals surface area (Å²) >= 11 is 0. The van der Waals surface area contributed by atoms with E-state index >= 15 is 0 Å². The van der Waals surface area contributed by atoms with Gasteiger partial charge in [-0.3, -0.25) is 4.79 Å². The first-order chi connectivity index (χ1) is 37.3. The van der Waals surface area contributed by atoms with Crippen molar-refractivity contribution in [1.29, 1.82) is 0 Å². The predicted molar refractivity (Wildman–Crippen MR) is 308 cm³/mol. The molecule has 8 heteroatoms. The average Bonchev–Trinajstić information content (AvgIpc) is 3.49. The zero-order valence-electron chi connectivity index (χ0n) is 42.6. The van der Waals surface area contributed by atoms with Gasteiger partial charge in [-0.05, 0) is 168 Å². The second-order valence-corrected chi connectivity index (χ2v) is 18.8. The van der Waals surface area contributed by atoms with Gasteiger partial charge in [-0.15, -0.1) is 0 Å². The number of para-hydroxylation sites is 2. The fourth-order valence-electron chi connectivity index (χ4n) is 9.98. The van der Waals surface area contributed by atoms with Gasteiger partial charge in [-0.1, -0.05) is 153 Å². The molecule has 0 radical (unpaired) electrons. The first-order valence-electron chi connectivity index (χ1n) is 25.7. The van der Waals surface area contributed by atoms with Crippen molar-refractivity contribution in [3.8, 4) is 23.0 Å². The van der Waals surface area contributed by atoms with Crippen molar-refractivity contribution in [3.63, 3.8) is 0 Å². The molecule has 0 bridgehead atoms. The number of nitrogens with zero attached hydrogens (tertiary/aromatic N) is 2. The van der Waals surface area contributed by atoms with E-state index in [1.54, 1.807) is 19.2 Å². The van der Waals surface area contributed by atoms with Gasteiger partial charge in [0.05, 0.1) is 7.11 Å². The summed E-state index contributed by atoms with van der Waals surface area (Å²) in [5.41, 5.74) is 12.6. The lowest BCUT2D eigenvalue weighted by atomic mass is 9.65. The maximum Gasteiger partial charge on any atom is 0.519 e. The van der Waals surface area contributed by atoms with Crippen LogP contribution in [0.15, 0.2) is 231 Å². The topological polar surface area (TPSA) is 77.5 Å². The highest BCUT2D eigenvalue weighted by Crippen LogP contribution is 2.46. The molecule has 0 aromatic heterocycles. The fourth-order valence-corrected chi connectivity index (χ4v) is 9.98. The molecule has 1 aliphatic carbocycles. The maximum atomic E-state index is 13.1. The van der Waals surface area contributed by atoms with Gasteiger partial charge in [0, 0.05) is 46.5 Å². The van der Waals surface area contributed by atoms with Gasteiger partial charge in [-0.2, -0.15) is 0 Å². The molecule has 9 aromatic carbocycles. The summed E-state index contributed by atoms with van der Waals surface area (Å²) in [6, 6.07) is 77.2. The van der Waals surface area contributed by atoms with Crippen LogP contribution in [0.5, 0.6) is 23.0 Å². The number of benzene rings is 9. The Hall–Kier alpha value is -9.40. The van der Waals surface area contributed by atoms with Gasteiger partial charge < -0.3 is 28.7 Å². The third kappa shape index (κ3) is 12.2. The van der Waals surface area contributed by atoms with Crippen molar-refractivity contribution >= 4 is 70.6 Å². The quantitative estimate of drug-likeness (QED) is 0.0410. The summed E-state index contributed by atoms with van der Waals surface area (Å²) in [4.78, 5) is 29.0. The van der Waals surface area contributed by atoms with Crippen LogP contribution in [-0.4, -0.2) is 19.2 Å². The molecule has 1 saturated carbocycles. The van der Waals surface area contributed by atoms with E-state index in [1.165, 1.54) is 18.9 Å². The number of esters is 1. The molecular formula is C68H58N2O6. The molecule has 0 heterocycles. The molecule has 8 nitrogen and oxygen atoms in total. The maximum absolute atomic E-state index is 13.1. The number of hydrogen-bond acceptors (Lipinski definition) is 8. The fraction of sp³-hybridized carbons (Fsp3) is 0.118. The highest BCUT2D eigenvalue weighted by molar-refractivity contribution is 5.81. The number of ether oxygens (including phenoxy) is 4. The Morgan fingerprint density at radius 2 is 0.671 bits per heavy atom. The molecule has 9 aromatic rings. The normalized spacial score (nSPS) is 13.0. The van der Waals surface area contributed by atoms with E-state index in [-0.39, 0.29) is 11.4 Å². The first-order valence-corrected chi connectivity index (χ1v) is 25.7. The largest absolute Gasteiger partial charge is 0.519 e. The van der Waals surface area contributed by atoms with E-state index in [1.807, 2.05) is 84.9 Å². The van der Waals surface area contributed by atoms with Crippen molar-refractivity contribution in [1.82, 2.24) is 0 Å². The molecule has 76 heavy (non-hydrogen) atoms. The Bertz CT molecular complexity index is 3390. The molecule has 0 saturated heterocycles. The number of hydrogen-bond donors (Lipinski definition) is 0. The van der Waals surface area contributed by atoms with Crippen LogP contribution in [0.25, 0.3) is 24.3 Å². The van der Waals surface area contributed by atoms with Crippen LogP contribution in [-0.2, 0) is 10.2 Å². The zero-order chi connectivity index (χ0) is 52.1. The number of anilines is 6. The number of rotatable bonds is 16. The molecule has 0 N–H and O–H groups in total. The number of carbonyl (C=O) groups is 2. The first kappa shape index (κ1) is 50.1. The summed E-state index contributed by atoms with van der Waals surface area (Å²) in [5, 5.41) is 0. The highest BCUT2D eigenvalue weighted by Gasteiger charge is 2.36. The van der Waals surface area contributed by atoms with Crippen LogP contribution < -0.4 is 28.7 Å². The van der Waals surface area contributed by atoms with E-state index in [9.17, 15) is 9.59 Å². The predicted octanol–water partition coefficient (Wildman–Crippen LogP) is 17.7. The van der Waals surface area contributed by atoms with Crippen LogP contribution >= 0.6 is 0 Å². The Labute approximate surface area is 445 Å². The standard InChI is InChI=1S/C68H58N2O6/c1-50(71)74-64-40-28-55(29-41-64)68(48-10-5-11-49-68)56-30-42-65(43-31-56)75-67(72)76-66-46-38-62(39-47-66)70(58-14-8-4-9-15-58)60-34-26-54(27-35-60)23-21-52-18-16-51(17-19-52)20-22-53-24-32-59(33-25-53)69(57-12-6-3-7-13-57)61-36-44-63(73-2)45-37-61/h3-4,6-9,12-47H,5,10-11,48-49H2,1-2H3. The summed E-state index contributed by atoms with van der Waals surface area (Å²) in [5.74, 6) is 1.77. The van der Waals surface area contributed by atoms with E-state index < -0.39 is 6.16 Å². The summed E-state index contributed by atoms with van der Waals surface area (Å²) in [6.45, 7) is 1.40. The third-order valence-electron chi connectivity index (χ3n) is 13.8. The zero-order valence-corrected chi connectivity index (χ0v) is 42.6. The summed E-state index contributed by atoms with van der Waals surface area (Å²) in [6.07, 6.45) is 13.1. The van der Waals surface area contributed by atoms with Crippen LogP contribution in [0.2, 0.25) is 0 Å². The van der Waals surface area contributed by atoms with Crippen molar-refractivity contribution in [3.05, 3.63) is 264 Å². The van der Waals surface area contributed by atoms with Gasteiger partial charge in [0.1, 0.15) is 23.0 Å². The minimum Gasteiger partial charge on any atom is -0.497 e. The Morgan fingerprint density at radius 3 is 1.03 bits per heavy atom. The minimum atomic E-state index is -0.818. The summed E-state index contributed by atoms with van der Waals surface area (Å²) < 4.78 is 22.0. The molecule has 1 fully saturated rings. The second kappa shape index (κ2) is 23.6. The highest BCUT2D eigenvalue weighted by atomic mass is 16.7. The molecular weight excluding hydrogens is 941 g/mol. The van der Waals surface area contributed by atoms with E-state index in [0.29, 0.717) is 17.2 Å². The van der Waals surface area contributed by atoms with Gasteiger partial charge in [0.2, 0.25) is 0 Å². The van der Waals surface area contributed by atoms with Gasteiger partial charge in [0.25, 0.3) is 0 Å². The third-order valence-corrected chi connectivity index (χ3v) is 13.8. The SMILES string of the molecule is COc1ccc(N(c2ccccc2)c2ccc(C=Cc3ccc(C=Cc4ccc(N(c5ccccc5)c5ccc(OC(=O)Oc6ccc(C7(c8ccc(OC(C)=O)cc8)CCCCC7)cc6)cc5)cc4)cc3)cc2)cc1. The molecule has 0 atom stereocenters. The lowest BCUT2D eigenvalue weighted by molar-refractivity contribution is -0.131. The van der Waals surface area contributed by atoms with Crippen molar-refractivity contribution in [2.45, 2.75) is 44.4 Å². The van der Waals surface area contributed by atoms with Crippen LogP contribution in [0.1, 0.15) is 72.4 Å². The molecule has 1 aliphatic rings. The Morgan fingerprint density at radius 1 is 0.368 bits per heavy atom. The van der Waals surface area contributed by atoms with E-state index in [0.717, 1.165) is 93.4 Å². The van der Waals surface area contributed by atoms with Crippen LogP contribution in [0.4, 0.5) is 38.9 Å². The lowest BCUT2D eigenvalue weighted by Gasteiger charge is -2.38. The van der Waals surface area contributed by atoms with Crippen molar-refractivity contribution in [2.75, 3.05) is 16.9 Å². The smallest absolute Gasteiger partial charge is 0.497 e. The average molecular weight is 999 g/mol. The lowest BCUT2D eigenvalue weighted by Crippen LogP contribution is -2.30. The van der Waals surface area contributed by atoms with Gasteiger partial charge >= 0.3 is 12.1 Å². The molecule has 0 amide bonds. The molecule has 376 valence electrons. The van der Waals surface area contributed by atoms with Crippen molar-refractivity contribution < 1.29 is 28.5 Å². The number of methoxy groups -OCH3 is 1. The Balaban J connectivity index is 0.757. The van der Waals surface area contributed by atoms with Crippen LogP contribution in [0.3, 0.4) is 0 Å². The molecule has 0 unspecified atom stereocenters.